The Bertz CT molecular complexity index is 280. The minimum Gasteiger partial charge on any atom is -0.389 e. The first-order chi connectivity index (χ1) is 9.56. The van der Waals surface area contributed by atoms with Crippen LogP contribution in [0.2, 0.25) is 0 Å². The minimum atomic E-state index is -0.960. The number of hydrogen-bond donors (Lipinski definition) is 4. The molecule has 1 aliphatic carbocycles. The average molecular weight is 285 g/mol. The third-order valence-electron chi connectivity index (χ3n) is 4.27. The van der Waals surface area contributed by atoms with Crippen LogP contribution in [0.4, 0.5) is 0 Å². The molecule has 1 aliphatic rings. The van der Waals surface area contributed by atoms with Gasteiger partial charge in [0.2, 0.25) is 5.91 Å². The molecule has 1 unspecified atom stereocenters. The lowest BCUT2D eigenvalue weighted by molar-refractivity contribution is -0.125. The number of amides is 1. The van der Waals surface area contributed by atoms with Crippen molar-refractivity contribution in [3.8, 4) is 0 Å². The molecule has 5 nitrogen and oxygen atoms in total. The lowest BCUT2D eigenvalue weighted by Gasteiger charge is -2.29. The van der Waals surface area contributed by atoms with Crippen LogP contribution in [0.25, 0.3) is 0 Å². The summed E-state index contributed by atoms with van der Waals surface area (Å²) in [5.74, 6) is 0.272. The van der Waals surface area contributed by atoms with E-state index in [1.54, 1.807) is 0 Å². The fraction of sp³-hybridized carbons (Fsp3) is 0.933. The van der Waals surface area contributed by atoms with Crippen LogP contribution in [0, 0.1) is 5.92 Å². The van der Waals surface area contributed by atoms with E-state index in [4.69, 9.17) is 11.5 Å². The zero-order valence-electron chi connectivity index (χ0n) is 12.7. The summed E-state index contributed by atoms with van der Waals surface area (Å²) in [4.78, 5) is 11.8. The van der Waals surface area contributed by atoms with Gasteiger partial charge in [0.25, 0.3) is 0 Å². The van der Waals surface area contributed by atoms with Crippen LogP contribution < -0.4 is 16.8 Å². The van der Waals surface area contributed by atoms with Crippen LogP contribution in [0.3, 0.4) is 0 Å². The smallest absolute Gasteiger partial charge is 0.239 e. The van der Waals surface area contributed by atoms with Crippen molar-refractivity contribution in [1.29, 1.82) is 0 Å². The molecule has 0 aromatic rings. The van der Waals surface area contributed by atoms with E-state index in [0.717, 1.165) is 19.3 Å². The fourth-order valence-corrected chi connectivity index (χ4v) is 2.87. The van der Waals surface area contributed by atoms with E-state index in [-0.39, 0.29) is 5.91 Å². The summed E-state index contributed by atoms with van der Waals surface area (Å²) < 4.78 is 0. The van der Waals surface area contributed by atoms with E-state index in [1.807, 2.05) is 0 Å². The topological polar surface area (TPSA) is 101 Å². The molecule has 5 heteroatoms. The Morgan fingerprint density at radius 1 is 1.30 bits per heavy atom. The van der Waals surface area contributed by atoms with Gasteiger partial charge in [-0.2, -0.15) is 0 Å². The van der Waals surface area contributed by atoms with Gasteiger partial charge < -0.3 is 21.9 Å². The molecule has 0 radical (unpaired) electrons. The summed E-state index contributed by atoms with van der Waals surface area (Å²) in [5, 5.41) is 12.9. The molecule has 3 atom stereocenters. The molecule has 1 fully saturated rings. The van der Waals surface area contributed by atoms with Crippen molar-refractivity contribution in [2.75, 3.05) is 6.54 Å². The maximum atomic E-state index is 11.8. The fourth-order valence-electron chi connectivity index (χ4n) is 2.87. The van der Waals surface area contributed by atoms with Crippen molar-refractivity contribution >= 4 is 5.91 Å². The lowest BCUT2D eigenvalue weighted by atomic mass is 9.83. The second kappa shape index (κ2) is 9.32. The van der Waals surface area contributed by atoms with Gasteiger partial charge in [-0.25, -0.2) is 0 Å². The van der Waals surface area contributed by atoms with Crippen molar-refractivity contribution in [3.63, 3.8) is 0 Å². The average Bonchev–Trinajstić information content (AvgIpc) is 2.46. The van der Waals surface area contributed by atoms with Gasteiger partial charge in [-0.05, 0) is 18.8 Å². The number of carbonyl (C=O) groups is 1. The van der Waals surface area contributed by atoms with Gasteiger partial charge in [0.1, 0.15) is 6.04 Å². The summed E-state index contributed by atoms with van der Waals surface area (Å²) in [5.41, 5.74) is 11.8. The second-order valence-corrected chi connectivity index (χ2v) is 6.06. The van der Waals surface area contributed by atoms with Crippen molar-refractivity contribution in [2.24, 2.45) is 17.4 Å². The van der Waals surface area contributed by atoms with E-state index >= 15 is 0 Å². The Morgan fingerprint density at radius 2 is 1.95 bits per heavy atom. The van der Waals surface area contributed by atoms with Crippen molar-refractivity contribution in [2.45, 2.75) is 76.5 Å². The first-order valence-corrected chi connectivity index (χ1v) is 8.03. The molecule has 0 heterocycles. The minimum absolute atomic E-state index is 0.301. The highest BCUT2D eigenvalue weighted by atomic mass is 16.3. The summed E-state index contributed by atoms with van der Waals surface area (Å²) in [6.45, 7) is 2.66. The summed E-state index contributed by atoms with van der Waals surface area (Å²) in [7, 11) is 0. The third kappa shape index (κ3) is 5.77. The van der Waals surface area contributed by atoms with Gasteiger partial charge in [-0.3, -0.25) is 4.79 Å². The number of unbranched alkanes of at least 4 members (excludes halogenated alkanes) is 1. The molecule has 1 amide bonds. The normalized spacial score (nSPS) is 21.2. The summed E-state index contributed by atoms with van der Waals surface area (Å²) in [6.07, 6.45) is 7.89. The maximum absolute atomic E-state index is 11.8. The van der Waals surface area contributed by atoms with E-state index in [1.165, 1.54) is 32.1 Å². The van der Waals surface area contributed by atoms with E-state index in [9.17, 15) is 9.90 Å². The highest BCUT2D eigenvalue weighted by Gasteiger charge is 2.29. The Balaban J connectivity index is 2.33. The van der Waals surface area contributed by atoms with Gasteiger partial charge in [0, 0.05) is 12.6 Å². The number of carbonyl (C=O) groups excluding carboxylic acids is 1. The lowest BCUT2D eigenvalue weighted by Crippen LogP contribution is -2.55. The predicted octanol–water partition coefficient (Wildman–Crippen LogP) is 0.889. The first-order valence-electron chi connectivity index (χ1n) is 8.03. The molecule has 0 bridgehead atoms. The molecule has 0 saturated heterocycles. The number of aliphatic hydroxyl groups excluding tert-OH is 1. The first kappa shape index (κ1) is 17.4. The number of aliphatic hydroxyl groups is 1. The van der Waals surface area contributed by atoms with Crippen molar-refractivity contribution in [3.05, 3.63) is 0 Å². The third-order valence-corrected chi connectivity index (χ3v) is 4.27. The maximum Gasteiger partial charge on any atom is 0.239 e. The highest BCUT2D eigenvalue weighted by Crippen LogP contribution is 2.27. The molecule has 1 saturated carbocycles. The van der Waals surface area contributed by atoms with Gasteiger partial charge >= 0.3 is 0 Å². The Kier molecular flexibility index (Phi) is 8.11. The van der Waals surface area contributed by atoms with Crippen molar-refractivity contribution < 1.29 is 9.90 Å². The summed E-state index contributed by atoms with van der Waals surface area (Å²) in [6, 6.07) is -1.34. The van der Waals surface area contributed by atoms with E-state index in [0.29, 0.717) is 12.5 Å². The van der Waals surface area contributed by atoms with Crippen LogP contribution in [-0.4, -0.2) is 35.7 Å². The molecule has 20 heavy (non-hydrogen) atoms. The van der Waals surface area contributed by atoms with Crippen LogP contribution in [0.5, 0.6) is 0 Å². The van der Waals surface area contributed by atoms with Crippen LogP contribution in [0.15, 0.2) is 0 Å². The molecule has 0 aromatic heterocycles. The van der Waals surface area contributed by atoms with Gasteiger partial charge in [0.05, 0.1) is 6.10 Å². The van der Waals surface area contributed by atoms with Gasteiger partial charge in [0.15, 0.2) is 0 Å². The number of rotatable bonds is 8. The largest absolute Gasteiger partial charge is 0.389 e. The zero-order chi connectivity index (χ0) is 15.0. The van der Waals surface area contributed by atoms with Gasteiger partial charge in [-0.15, -0.1) is 0 Å². The molecular weight excluding hydrogens is 254 g/mol. The predicted molar refractivity (Wildman–Crippen MR) is 81.1 cm³/mol. The molecule has 118 valence electrons. The Labute approximate surface area is 122 Å². The van der Waals surface area contributed by atoms with Crippen LogP contribution in [-0.2, 0) is 4.79 Å². The molecular formula is C15H31N3O2. The SMILES string of the molecule is CCCCNC(=O)C(N)[C@H](O)[C@@H](N)CC1CCCCC1. The molecule has 0 aromatic carbocycles. The number of hydrogen-bond acceptors (Lipinski definition) is 4. The standard InChI is InChI=1S/C15H31N3O2/c1-2-3-9-18-15(20)13(17)14(19)12(16)10-11-7-5-4-6-8-11/h11-14,19H,2-10,16-17H2,1H3,(H,18,20)/t12-,13?,14+/m0/s1. The Morgan fingerprint density at radius 3 is 2.55 bits per heavy atom. The Hall–Kier alpha value is -0.650. The second-order valence-electron chi connectivity index (χ2n) is 6.06. The summed E-state index contributed by atoms with van der Waals surface area (Å²) >= 11 is 0. The molecule has 0 spiro atoms. The number of nitrogens with one attached hydrogen (secondary N) is 1. The number of nitrogens with two attached hydrogens (primary N) is 2. The van der Waals surface area contributed by atoms with Crippen LogP contribution in [0.1, 0.15) is 58.3 Å². The molecule has 0 aliphatic heterocycles. The quantitative estimate of drug-likeness (QED) is 0.497. The van der Waals surface area contributed by atoms with Gasteiger partial charge in [-0.1, -0.05) is 45.4 Å². The highest BCUT2D eigenvalue weighted by molar-refractivity contribution is 5.82. The molecule has 1 rings (SSSR count). The van der Waals surface area contributed by atoms with Crippen LogP contribution >= 0.6 is 0 Å². The molecule has 6 N–H and O–H groups in total. The monoisotopic (exact) mass is 285 g/mol. The zero-order valence-corrected chi connectivity index (χ0v) is 12.7. The van der Waals surface area contributed by atoms with Crippen molar-refractivity contribution in [1.82, 2.24) is 5.32 Å². The van der Waals surface area contributed by atoms with E-state index in [2.05, 4.69) is 12.2 Å². The van der Waals surface area contributed by atoms with E-state index < -0.39 is 18.2 Å².